The van der Waals surface area contributed by atoms with E-state index in [0.29, 0.717) is 5.95 Å². The molecule has 1 aromatic heterocycles. The number of hydrogen-bond donors (Lipinski definition) is 2. The summed E-state index contributed by atoms with van der Waals surface area (Å²) < 4.78 is 5.82. The smallest absolute Gasteiger partial charge is 0.222 e. The van der Waals surface area contributed by atoms with Crippen LogP contribution < -0.4 is 15.8 Å². The zero-order valence-electron chi connectivity index (χ0n) is 17.8. The maximum absolute atomic E-state index is 5.87. The summed E-state index contributed by atoms with van der Waals surface area (Å²) >= 11 is 0. The first-order valence-electron chi connectivity index (χ1n) is 10.2. The van der Waals surface area contributed by atoms with E-state index in [4.69, 9.17) is 10.5 Å². The summed E-state index contributed by atoms with van der Waals surface area (Å²) in [4.78, 5) is 11.0. The standard InChI is InChI=1S/C22H35N5O/c1-5-6-7-13-24-21-20(17(2)25-22(23)26-21)16-18-9-11-19(12-10-18)28-15-8-14-27(3)4/h9-12H,5-8,13-16H2,1-4H3,(H3,23,24,25,26). The van der Waals surface area contributed by atoms with Crippen molar-refractivity contribution in [3.63, 3.8) is 0 Å². The summed E-state index contributed by atoms with van der Waals surface area (Å²) in [6, 6.07) is 8.29. The highest BCUT2D eigenvalue weighted by atomic mass is 16.5. The van der Waals surface area contributed by atoms with Gasteiger partial charge in [-0.2, -0.15) is 4.98 Å². The fourth-order valence-electron chi connectivity index (χ4n) is 3.04. The molecule has 0 aliphatic carbocycles. The van der Waals surface area contributed by atoms with Gasteiger partial charge in [-0.05, 0) is 51.6 Å². The van der Waals surface area contributed by atoms with Gasteiger partial charge in [-0.1, -0.05) is 31.9 Å². The second-order valence-corrected chi connectivity index (χ2v) is 7.45. The summed E-state index contributed by atoms with van der Waals surface area (Å²) in [5.74, 6) is 2.08. The third-order valence-electron chi connectivity index (χ3n) is 4.63. The van der Waals surface area contributed by atoms with E-state index in [1.54, 1.807) is 0 Å². The third-order valence-corrected chi connectivity index (χ3v) is 4.63. The zero-order chi connectivity index (χ0) is 20.4. The largest absolute Gasteiger partial charge is 0.494 e. The fraction of sp³-hybridized carbons (Fsp3) is 0.545. The highest BCUT2D eigenvalue weighted by Crippen LogP contribution is 2.23. The van der Waals surface area contributed by atoms with Crippen molar-refractivity contribution in [1.82, 2.24) is 14.9 Å². The van der Waals surface area contributed by atoms with E-state index in [1.807, 2.05) is 19.1 Å². The van der Waals surface area contributed by atoms with Crippen LogP contribution >= 0.6 is 0 Å². The number of nitrogen functional groups attached to an aromatic ring is 1. The molecule has 0 amide bonds. The maximum atomic E-state index is 5.87. The van der Waals surface area contributed by atoms with Gasteiger partial charge in [0, 0.05) is 30.8 Å². The molecule has 0 bridgehead atoms. The number of nitrogens with zero attached hydrogens (tertiary/aromatic N) is 3. The molecule has 2 rings (SSSR count). The number of aromatic nitrogens is 2. The average molecular weight is 386 g/mol. The Morgan fingerprint density at radius 1 is 1.07 bits per heavy atom. The molecular formula is C22H35N5O. The molecule has 0 saturated heterocycles. The van der Waals surface area contributed by atoms with E-state index >= 15 is 0 Å². The number of nitrogens with two attached hydrogens (primary N) is 1. The van der Waals surface area contributed by atoms with Gasteiger partial charge in [-0.15, -0.1) is 0 Å². The van der Waals surface area contributed by atoms with E-state index in [2.05, 4.69) is 53.3 Å². The van der Waals surface area contributed by atoms with Crippen molar-refractivity contribution in [2.45, 2.75) is 46.0 Å². The number of anilines is 2. The Labute approximate surface area is 169 Å². The quantitative estimate of drug-likeness (QED) is 0.540. The van der Waals surface area contributed by atoms with Crippen molar-refractivity contribution in [2.24, 2.45) is 0 Å². The van der Waals surface area contributed by atoms with Crippen LogP contribution in [0.3, 0.4) is 0 Å². The lowest BCUT2D eigenvalue weighted by molar-refractivity contribution is 0.281. The maximum Gasteiger partial charge on any atom is 0.222 e. The van der Waals surface area contributed by atoms with Crippen LogP contribution in [0.25, 0.3) is 0 Å². The summed E-state index contributed by atoms with van der Waals surface area (Å²) in [5, 5.41) is 3.45. The molecule has 0 aliphatic heterocycles. The third kappa shape index (κ3) is 7.35. The molecule has 0 radical (unpaired) electrons. The summed E-state index contributed by atoms with van der Waals surface area (Å²) in [7, 11) is 4.15. The lowest BCUT2D eigenvalue weighted by Gasteiger charge is -2.14. The molecule has 2 aromatic rings. The molecule has 3 N–H and O–H groups in total. The zero-order valence-corrected chi connectivity index (χ0v) is 17.8. The van der Waals surface area contributed by atoms with E-state index < -0.39 is 0 Å². The molecule has 0 atom stereocenters. The van der Waals surface area contributed by atoms with Gasteiger partial charge in [0.05, 0.1) is 6.61 Å². The van der Waals surface area contributed by atoms with E-state index in [1.165, 1.54) is 18.4 Å². The molecule has 0 spiro atoms. The molecule has 6 heteroatoms. The second-order valence-electron chi connectivity index (χ2n) is 7.45. The van der Waals surface area contributed by atoms with Gasteiger partial charge in [-0.3, -0.25) is 0 Å². The molecule has 0 saturated carbocycles. The molecule has 0 unspecified atom stereocenters. The van der Waals surface area contributed by atoms with Gasteiger partial charge in [0.1, 0.15) is 11.6 Å². The Morgan fingerprint density at radius 3 is 2.50 bits per heavy atom. The lowest BCUT2D eigenvalue weighted by Crippen LogP contribution is -2.15. The number of rotatable bonds is 12. The SMILES string of the molecule is CCCCCNc1nc(N)nc(C)c1Cc1ccc(OCCCN(C)C)cc1. The monoisotopic (exact) mass is 385 g/mol. The molecule has 6 nitrogen and oxygen atoms in total. The molecule has 1 heterocycles. The second kappa shape index (κ2) is 11.5. The van der Waals surface area contributed by atoms with E-state index in [-0.39, 0.29) is 0 Å². The summed E-state index contributed by atoms with van der Waals surface area (Å²) in [6.45, 7) is 6.86. The highest BCUT2D eigenvalue weighted by molar-refractivity contribution is 5.51. The number of benzene rings is 1. The Bertz CT molecular complexity index is 716. The van der Waals surface area contributed by atoms with Crippen LogP contribution in [0.2, 0.25) is 0 Å². The first-order valence-corrected chi connectivity index (χ1v) is 10.2. The van der Waals surface area contributed by atoms with Crippen molar-refractivity contribution >= 4 is 11.8 Å². The van der Waals surface area contributed by atoms with E-state index in [9.17, 15) is 0 Å². The molecule has 0 fully saturated rings. The Morgan fingerprint density at radius 2 is 1.82 bits per heavy atom. The van der Waals surface area contributed by atoms with Gasteiger partial charge in [0.25, 0.3) is 0 Å². The number of unbranched alkanes of at least 4 members (excludes halogenated alkanes) is 2. The summed E-state index contributed by atoms with van der Waals surface area (Å²) in [5.41, 5.74) is 9.10. The minimum Gasteiger partial charge on any atom is -0.494 e. The highest BCUT2D eigenvalue weighted by Gasteiger charge is 2.11. The molecule has 154 valence electrons. The van der Waals surface area contributed by atoms with Gasteiger partial charge in [0.2, 0.25) is 5.95 Å². The van der Waals surface area contributed by atoms with Crippen molar-refractivity contribution < 1.29 is 4.74 Å². The normalized spacial score (nSPS) is 11.0. The molecular weight excluding hydrogens is 350 g/mol. The minimum atomic E-state index is 0.320. The Hall–Kier alpha value is -2.34. The molecule has 28 heavy (non-hydrogen) atoms. The predicted octanol–water partition coefficient (Wildman–Crippen LogP) is 3.89. The first-order chi connectivity index (χ1) is 13.5. The van der Waals surface area contributed by atoms with Gasteiger partial charge >= 0.3 is 0 Å². The van der Waals surface area contributed by atoms with Crippen molar-refractivity contribution in [3.05, 3.63) is 41.1 Å². The van der Waals surface area contributed by atoms with Crippen molar-refractivity contribution in [3.8, 4) is 5.75 Å². The van der Waals surface area contributed by atoms with Crippen LogP contribution in [0.1, 0.15) is 49.4 Å². The number of nitrogens with one attached hydrogen (secondary N) is 1. The van der Waals surface area contributed by atoms with Crippen LogP contribution in [0, 0.1) is 6.92 Å². The Kier molecular flexibility index (Phi) is 9.01. The van der Waals surface area contributed by atoms with Crippen molar-refractivity contribution in [2.75, 3.05) is 44.8 Å². The topological polar surface area (TPSA) is 76.3 Å². The van der Waals surface area contributed by atoms with Crippen LogP contribution in [0.4, 0.5) is 11.8 Å². The Balaban J connectivity index is 1.99. The number of ether oxygens (including phenoxy) is 1. The van der Waals surface area contributed by atoms with Crippen LogP contribution in [0.5, 0.6) is 5.75 Å². The van der Waals surface area contributed by atoms with Gasteiger partial charge < -0.3 is 20.7 Å². The predicted molar refractivity (Wildman–Crippen MR) is 117 cm³/mol. The van der Waals surface area contributed by atoms with Gasteiger partial charge in [-0.25, -0.2) is 4.98 Å². The van der Waals surface area contributed by atoms with Gasteiger partial charge in [0.15, 0.2) is 0 Å². The first kappa shape index (κ1) is 22.0. The number of aryl methyl sites for hydroxylation is 1. The fourth-order valence-corrected chi connectivity index (χ4v) is 3.04. The minimum absolute atomic E-state index is 0.320. The van der Waals surface area contributed by atoms with Crippen LogP contribution in [-0.2, 0) is 6.42 Å². The van der Waals surface area contributed by atoms with Crippen LogP contribution in [0.15, 0.2) is 24.3 Å². The molecule has 0 aliphatic rings. The number of hydrogen-bond acceptors (Lipinski definition) is 6. The average Bonchev–Trinajstić information content (AvgIpc) is 2.66. The van der Waals surface area contributed by atoms with E-state index in [0.717, 1.165) is 61.8 Å². The van der Waals surface area contributed by atoms with Crippen LogP contribution in [-0.4, -0.2) is 48.7 Å². The van der Waals surface area contributed by atoms with Crippen molar-refractivity contribution in [1.29, 1.82) is 0 Å². The molecule has 1 aromatic carbocycles. The summed E-state index contributed by atoms with van der Waals surface area (Å²) in [6.07, 6.45) is 5.31. The lowest BCUT2D eigenvalue weighted by atomic mass is 10.0.